The van der Waals surface area contributed by atoms with E-state index in [9.17, 15) is 4.79 Å². The third kappa shape index (κ3) is 2.85. The predicted molar refractivity (Wildman–Crippen MR) is 84.2 cm³/mol. The van der Waals surface area contributed by atoms with Crippen LogP contribution in [0.15, 0.2) is 24.3 Å². The van der Waals surface area contributed by atoms with Gasteiger partial charge in [-0.3, -0.25) is 4.79 Å². The van der Waals surface area contributed by atoms with Crippen LogP contribution in [0.2, 0.25) is 0 Å². The Morgan fingerprint density at radius 1 is 1.09 bits per heavy atom. The molecule has 5 nitrogen and oxygen atoms in total. The molecule has 0 aromatic heterocycles. The lowest BCUT2D eigenvalue weighted by Crippen LogP contribution is -2.07. The Kier molecular flexibility index (Phi) is 5.22. The van der Waals surface area contributed by atoms with E-state index in [0.29, 0.717) is 34.6 Å². The van der Waals surface area contributed by atoms with Crippen molar-refractivity contribution in [3.8, 4) is 17.2 Å². The van der Waals surface area contributed by atoms with Crippen LogP contribution in [-0.4, -0.2) is 33.9 Å². The van der Waals surface area contributed by atoms with Crippen molar-refractivity contribution < 1.29 is 23.7 Å². The zero-order valence-electron chi connectivity index (χ0n) is 13.3. The molecule has 5 heteroatoms. The van der Waals surface area contributed by atoms with Crippen molar-refractivity contribution in [3.63, 3.8) is 0 Å². The quantitative estimate of drug-likeness (QED) is 0.579. The van der Waals surface area contributed by atoms with Crippen LogP contribution in [0.25, 0.3) is 10.8 Å². The molecular weight excluding hydrogens is 284 g/mol. The standard InChI is InChI=1S/C17H20O5/c1-5-13(18)12-9-15(21-4)11-7-6-8-14(20-3)16(11)17(12)22-10-19-2/h6-9H,5,10H2,1-4H3. The molecule has 0 unspecified atom stereocenters. The summed E-state index contributed by atoms with van der Waals surface area (Å²) in [4.78, 5) is 12.3. The zero-order valence-corrected chi connectivity index (χ0v) is 13.3. The highest BCUT2D eigenvalue weighted by Gasteiger charge is 2.21. The molecule has 0 fully saturated rings. The number of carbonyl (C=O) groups excluding carboxylic acids is 1. The average molecular weight is 304 g/mol. The Bertz CT molecular complexity index is 678. The van der Waals surface area contributed by atoms with Crippen LogP contribution >= 0.6 is 0 Å². The minimum absolute atomic E-state index is 0.0304. The maximum absolute atomic E-state index is 12.3. The summed E-state index contributed by atoms with van der Waals surface area (Å²) in [5, 5.41) is 1.53. The summed E-state index contributed by atoms with van der Waals surface area (Å²) in [6.45, 7) is 1.85. The van der Waals surface area contributed by atoms with Crippen molar-refractivity contribution in [1.29, 1.82) is 0 Å². The molecule has 22 heavy (non-hydrogen) atoms. The molecule has 0 heterocycles. The van der Waals surface area contributed by atoms with Gasteiger partial charge in [-0.25, -0.2) is 0 Å². The van der Waals surface area contributed by atoms with Crippen LogP contribution in [0.5, 0.6) is 17.2 Å². The molecule has 2 rings (SSSR count). The van der Waals surface area contributed by atoms with E-state index in [1.807, 2.05) is 18.2 Å². The molecule has 0 spiro atoms. The van der Waals surface area contributed by atoms with Crippen LogP contribution < -0.4 is 14.2 Å². The number of methoxy groups -OCH3 is 3. The maximum atomic E-state index is 12.3. The van der Waals surface area contributed by atoms with Crippen molar-refractivity contribution in [2.45, 2.75) is 13.3 Å². The molecule has 0 bridgehead atoms. The first-order valence-corrected chi connectivity index (χ1v) is 7.00. The number of ether oxygens (including phenoxy) is 4. The van der Waals surface area contributed by atoms with Gasteiger partial charge in [0.2, 0.25) is 0 Å². The third-order valence-corrected chi connectivity index (χ3v) is 3.42. The molecule has 118 valence electrons. The molecule has 0 N–H and O–H groups in total. The minimum atomic E-state index is -0.0304. The van der Waals surface area contributed by atoms with E-state index in [2.05, 4.69) is 0 Å². The highest BCUT2D eigenvalue weighted by Crippen LogP contribution is 2.42. The second-order valence-electron chi connectivity index (χ2n) is 4.67. The summed E-state index contributed by atoms with van der Waals surface area (Å²) in [7, 11) is 4.68. The Hall–Kier alpha value is -2.27. The first kappa shape index (κ1) is 16.1. The van der Waals surface area contributed by atoms with Gasteiger partial charge in [0.15, 0.2) is 12.6 Å². The van der Waals surface area contributed by atoms with Crippen molar-refractivity contribution in [2.75, 3.05) is 28.1 Å². The smallest absolute Gasteiger partial charge is 0.188 e. The Morgan fingerprint density at radius 3 is 2.41 bits per heavy atom. The van der Waals surface area contributed by atoms with E-state index in [1.165, 1.54) is 7.11 Å². The van der Waals surface area contributed by atoms with Crippen molar-refractivity contribution >= 4 is 16.6 Å². The van der Waals surface area contributed by atoms with Gasteiger partial charge >= 0.3 is 0 Å². The summed E-state index contributed by atoms with van der Waals surface area (Å²) < 4.78 is 21.5. The lowest BCUT2D eigenvalue weighted by molar-refractivity contribution is 0.0512. The molecule has 0 saturated heterocycles. The van der Waals surface area contributed by atoms with Gasteiger partial charge in [-0.15, -0.1) is 0 Å². The first-order chi connectivity index (χ1) is 10.7. The number of Topliss-reactive ketones (excluding diaryl/α,β-unsaturated/α-hetero) is 1. The summed E-state index contributed by atoms with van der Waals surface area (Å²) in [6.07, 6.45) is 0.368. The fourth-order valence-corrected chi connectivity index (χ4v) is 2.38. The van der Waals surface area contributed by atoms with Gasteiger partial charge in [-0.05, 0) is 12.1 Å². The molecular formula is C17H20O5. The monoisotopic (exact) mass is 304 g/mol. The average Bonchev–Trinajstić information content (AvgIpc) is 2.57. The van der Waals surface area contributed by atoms with E-state index in [1.54, 1.807) is 27.2 Å². The first-order valence-electron chi connectivity index (χ1n) is 7.00. The number of rotatable bonds is 7. The van der Waals surface area contributed by atoms with E-state index in [4.69, 9.17) is 18.9 Å². The summed E-state index contributed by atoms with van der Waals surface area (Å²) >= 11 is 0. The van der Waals surface area contributed by atoms with Crippen LogP contribution in [0.4, 0.5) is 0 Å². The Labute approximate surface area is 129 Å². The van der Waals surface area contributed by atoms with Crippen LogP contribution in [-0.2, 0) is 4.74 Å². The number of carbonyl (C=O) groups is 1. The van der Waals surface area contributed by atoms with Crippen molar-refractivity contribution in [1.82, 2.24) is 0 Å². The molecule has 0 saturated carbocycles. The number of benzene rings is 2. The Morgan fingerprint density at radius 2 is 1.82 bits per heavy atom. The normalized spacial score (nSPS) is 10.5. The Balaban J connectivity index is 2.84. The summed E-state index contributed by atoms with van der Waals surface area (Å²) in [5.41, 5.74) is 0.466. The van der Waals surface area contributed by atoms with Gasteiger partial charge in [-0.1, -0.05) is 19.1 Å². The largest absolute Gasteiger partial charge is 0.496 e. The molecule has 2 aromatic carbocycles. The lowest BCUT2D eigenvalue weighted by Gasteiger charge is -2.17. The highest BCUT2D eigenvalue weighted by atomic mass is 16.7. The van der Waals surface area contributed by atoms with E-state index in [0.717, 1.165) is 5.39 Å². The minimum Gasteiger partial charge on any atom is -0.496 e. The molecule has 0 amide bonds. The second kappa shape index (κ2) is 7.13. The number of hydrogen-bond donors (Lipinski definition) is 0. The molecule has 2 aromatic rings. The number of ketones is 1. The SMILES string of the molecule is CCC(=O)c1cc(OC)c2cccc(OC)c2c1OCOC. The molecule has 0 atom stereocenters. The zero-order chi connectivity index (χ0) is 16.1. The van der Waals surface area contributed by atoms with E-state index in [-0.39, 0.29) is 12.6 Å². The van der Waals surface area contributed by atoms with E-state index >= 15 is 0 Å². The third-order valence-electron chi connectivity index (χ3n) is 3.42. The van der Waals surface area contributed by atoms with Crippen molar-refractivity contribution in [3.05, 3.63) is 29.8 Å². The molecule has 0 radical (unpaired) electrons. The topological polar surface area (TPSA) is 54.0 Å². The highest BCUT2D eigenvalue weighted by molar-refractivity contribution is 6.08. The van der Waals surface area contributed by atoms with Gasteiger partial charge in [0.05, 0.1) is 25.2 Å². The number of fused-ring (bicyclic) bond motifs is 1. The summed E-state index contributed by atoms with van der Waals surface area (Å²) in [6, 6.07) is 7.29. The van der Waals surface area contributed by atoms with Gasteiger partial charge in [-0.2, -0.15) is 0 Å². The molecule has 0 aliphatic rings. The number of hydrogen-bond acceptors (Lipinski definition) is 5. The maximum Gasteiger partial charge on any atom is 0.188 e. The van der Waals surface area contributed by atoms with Crippen LogP contribution in [0.3, 0.4) is 0 Å². The van der Waals surface area contributed by atoms with Gasteiger partial charge < -0.3 is 18.9 Å². The van der Waals surface area contributed by atoms with Crippen molar-refractivity contribution in [2.24, 2.45) is 0 Å². The fourth-order valence-electron chi connectivity index (χ4n) is 2.38. The summed E-state index contributed by atoms with van der Waals surface area (Å²) in [5.74, 6) is 1.65. The van der Waals surface area contributed by atoms with Gasteiger partial charge in [0, 0.05) is 18.9 Å². The lowest BCUT2D eigenvalue weighted by atomic mass is 9.99. The van der Waals surface area contributed by atoms with Gasteiger partial charge in [0.1, 0.15) is 17.2 Å². The van der Waals surface area contributed by atoms with Gasteiger partial charge in [0.25, 0.3) is 0 Å². The molecule has 0 aliphatic carbocycles. The fraction of sp³-hybridized carbons (Fsp3) is 0.353. The van der Waals surface area contributed by atoms with E-state index < -0.39 is 0 Å². The second-order valence-corrected chi connectivity index (χ2v) is 4.67. The van der Waals surface area contributed by atoms with Crippen LogP contribution in [0.1, 0.15) is 23.7 Å². The van der Waals surface area contributed by atoms with Crippen LogP contribution in [0, 0.1) is 0 Å². The molecule has 0 aliphatic heterocycles. The predicted octanol–water partition coefficient (Wildman–Crippen LogP) is 3.43.